The molecule has 1 aliphatic heterocycles. The second-order valence-electron chi connectivity index (χ2n) is 4.33. The molecule has 0 N–H and O–H groups in total. The van der Waals surface area contributed by atoms with E-state index in [2.05, 4.69) is 29.2 Å². The minimum atomic E-state index is -0.0153. The Hall–Kier alpha value is -0.840. The molecule has 94 valence electrons. The van der Waals surface area contributed by atoms with E-state index in [1.807, 2.05) is 0 Å². The minimum Gasteiger partial charge on any atom is -0.361 e. The van der Waals surface area contributed by atoms with Crippen molar-refractivity contribution in [2.24, 2.45) is 0 Å². The summed E-state index contributed by atoms with van der Waals surface area (Å²) in [6.07, 6.45) is 2.03. The van der Waals surface area contributed by atoms with Crippen LogP contribution in [0.4, 0.5) is 5.00 Å². The standard InChI is InChI=1S/C13H12ClNOS2/c14-11-12(17-18-13(11)16)15-7-5-9-3-1-2-4-10(9)6-8-15/h1-4H,5-8H2. The van der Waals surface area contributed by atoms with Gasteiger partial charge >= 0.3 is 0 Å². The van der Waals surface area contributed by atoms with Crippen molar-refractivity contribution < 1.29 is 0 Å². The Kier molecular flexibility index (Phi) is 3.41. The number of halogens is 1. The molecule has 0 fully saturated rings. The topological polar surface area (TPSA) is 20.3 Å². The van der Waals surface area contributed by atoms with E-state index in [4.69, 9.17) is 11.6 Å². The zero-order valence-corrected chi connectivity index (χ0v) is 12.1. The molecule has 0 bridgehead atoms. The van der Waals surface area contributed by atoms with Crippen molar-refractivity contribution in [3.05, 3.63) is 50.0 Å². The number of benzene rings is 1. The molecule has 0 aliphatic carbocycles. The summed E-state index contributed by atoms with van der Waals surface area (Å²) in [5.74, 6) is 0. The average Bonchev–Trinajstić information content (AvgIpc) is 2.63. The van der Waals surface area contributed by atoms with E-state index in [1.54, 1.807) is 0 Å². The Labute approximate surface area is 118 Å². The van der Waals surface area contributed by atoms with Gasteiger partial charge in [-0.3, -0.25) is 4.79 Å². The molecule has 0 saturated heterocycles. The van der Waals surface area contributed by atoms with Crippen LogP contribution in [0.25, 0.3) is 0 Å². The highest BCUT2D eigenvalue weighted by Crippen LogP contribution is 2.32. The zero-order valence-electron chi connectivity index (χ0n) is 9.69. The highest BCUT2D eigenvalue weighted by atomic mass is 35.5. The molecule has 3 rings (SSSR count). The maximum absolute atomic E-state index is 11.5. The second-order valence-corrected chi connectivity index (χ2v) is 6.80. The smallest absolute Gasteiger partial charge is 0.263 e. The Bertz CT molecular complexity index is 592. The second kappa shape index (κ2) is 5.03. The van der Waals surface area contributed by atoms with Crippen LogP contribution in [-0.4, -0.2) is 13.1 Å². The van der Waals surface area contributed by atoms with E-state index in [9.17, 15) is 4.79 Å². The lowest BCUT2D eigenvalue weighted by molar-refractivity contribution is 0.813. The number of rotatable bonds is 1. The summed E-state index contributed by atoms with van der Waals surface area (Å²) in [4.78, 5) is 13.7. The molecule has 1 aromatic carbocycles. The molecular weight excluding hydrogens is 286 g/mol. The Morgan fingerprint density at radius 2 is 1.67 bits per heavy atom. The van der Waals surface area contributed by atoms with Crippen molar-refractivity contribution in [1.82, 2.24) is 0 Å². The lowest BCUT2D eigenvalue weighted by atomic mass is 10.0. The lowest BCUT2D eigenvalue weighted by Gasteiger charge is -2.20. The Balaban J connectivity index is 1.87. The molecule has 1 aliphatic rings. The van der Waals surface area contributed by atoms with E-state index < -0.39 is 0 Å². The number of anilines is 1. The molecule has 2 nitrogen and oxygen atoms in total. The molecule has 0 radical (unpaired) electrons. The van der Waals surface area contributed by atoms with Crippen molar-refractivity contribution in [1.29, 1.82) is 0 Å². The van der Waals surface area contributed by atoms with Crippen LogP contribution < -0.4 is 9.64 Å². The van der Waals surface area contributed by atoms with Crippen LogP contribution in [0.3, 0.4) is 0 Å². The van der Waals surface area contributed by atoms with Gasteiger partial charge in [-0.2, -0.15) is 0 Å². The fourth-order valence-corrected chi connectivity index (χ4v) is 5.05. The number of nitrogens with zero attached hydrogens (tertiary/aromatic N) is 1. The molecule has 0 spiro atoms. The van der Waals surface area contributed by atoms with Crippen LogP contribution >= 0.6 is 32.3 Å². The van der Waals surface area contributed by atoms with Crippen molar-refractivity contribution in [3.63, 3.8) is 0 Å². The first-order chi connectivity index (χ1) is 8.75. The van der Waals surface area contributed by atoms with Gasteiger partial charge in [0, 0.05) is 13.1 Å². The average molecular weight is 298 g/mol. The number of hydrogen-bond donors (Lipinski definition) is 0. The number of hydrogen-bond acceptors (Lipinski definition) is 4. The fraction of sp³-hybridized carbons (Fsp3) is 0.308. The van der Waals surface area contributed by atoms with Gasteiger partial charge in [-0.05, 0) is 34.3 Å². The van der Waals surface area contributed by atoms with E-state index in [1.165, 1.54) is 31.8 Å². The molecule has 5 heteroatoms. The highest BCUT2D eigenvalue weighted by Gasteiger charge is 2.19. The van der Waals surface area contributed by atoms with Crippen molar-refractivity contribution >= 4 is 37.3 Å². The third kappa shape index (κ3) is 2.20. The summed E-state index contributed by atoms with van der Waals surface area (Å²) in [5, 5.41) is 1.34. The molecule has 0 unspecified atom stereocenters. The van der Waals surface area contributed by atoms with Gasteiger partial charge in [0.15, 0.2) is 0 Å². The van der Waals surface area contributed by atoms with Gasteiger partial charge < -0.3 is 4.90 Å². The quantitative estimate of drug-likeness (QED) is 0.752. The van der Waals surface area contributed by atoms with E-state index in [0.717, 1.165) is 30.9 Å². The van der Waals surface area contributed by atoms with Crippen LogP contribution in [-0.2, 0) is 12.8 Å². The van der Waals surface area contributed by atoms with Crippen molar-refractivity contribution in [2.45, 2.75) is 12.8 Å². The van der Waals surface area contributed by atoms with Crippen LogP contribution in [0.5, 0.6) is 0 Å². The summed E-state index contributed by atoms with van der Waals surface area (Å²) in [6.45, 7) is 1.87. The highest BCUT2D eigenvalue weighted by molar-refractivity contribution is 7.70. The first-order valence-electron chi connectivity index (χ1n) is 5.86. The lowest BCUT2D eigenvalue weighted by Crippen LogP contribution is -2.25. The molecule has 0 atom stereocenters. The predicted octanol–water partition coefficient (Wildman–Crippen LogP) is 3.43. The maximum Gasteiger partial charge on any atom is 0.263 e. The van der Waals surface area contributed by atoms with Gasteiger partial charge in [0.2, 0.25) is 0 Å². The third-order valence-corrected chi connectivity index (χ3v) is 6.08. The van der Waals surface area contributed by atoms with E-state index >= 15 is 0 Å². The maximum atomic E-state index is 11.5. The van der Waals surface area contributed by atoms with E-state index in [-0.39, 0.29) is 4.74 Å². The SMILES string of the molecule is O=c1ssc(N2CCc3ccccc3CC2)c1Cl. The van der Waals surface area contributed by atoms with Gasteiger partial charge in [0.25, 0.3) is 4.74 Å². The summed E-state index contributed by atoms with van der Waals surface area (Å²) in [7, 11) is 2.72. The Morgan fingerprint density at radius 3 is 2.17 bits per heavy atom. The van der Waals surface area contributed by atoms with E-state index in [0.29, 0.717) is 5.02 Å². The first kappa shape index (κ1) is 12.2. The van der Waals surface area contributed by atoms with Crippen LogP contribution in [0.1, 0.15) is 11.1 Å². The number of fused-ring (bicyclic) bond motifs is 1. The molecule has 0 saturated carbocycles. The molecule has 2 aromatic rings. The molecule has 2 heterocycles. The van der Waals surface area contributed by atoms with Gasteiger partial charge in [0.05, 0.1) is 0 Å². The fourth-order valence-electron chi connectivity index (χ4n) is 2.30. The summed E-state index contributed by atoms with van der Waals surface area (Å²) in [6, 6.07) is 8.56. The predicted molar refractivity (Wildman–Crippen MR) is 79.5 cm³/mol. The van der Waals surface area contributed by atoms with Gasteiger partial charge in [-0.15, -0.1) is 0 Å². The van der Waals surface area contributed by atoms with Gasteiger partial charge in [0.1, 0.15) is 10.0 Å². The van der Waals surface area contributed by atoms with Crippen LogP contribution in [0.15, 0.2) is 29.1 Å². The van der Waals surface area contributed by atoms with Gasteiger partial charge in [-0.25, -0.2) is 0 Å². The van der Waals surface area contributed by atoms with Crippen molar-refractivity contribution in [3.8, 4) is 0 Å². The minimum absolute atomic E-state index is 0.0153. The van der Waals surface area contributed by atoms with Crippen LogP contribution in [0, 0.1) is 0 Å². The summed E-state index contributed by atoms with van der Waals surface area (Å²) < 4.78 is -0.0153. The largest absolute Gasteiger partial charge is 0.361 e. The normalized spacial score (nSPS) is 15.3. The Morgan fingerprint density at radius 1 is 1.06 bits per heavy atom. The molecule has 0 amide bonds. The van der Waals surface area contributed by atoms with Crippen molar-refractivity contribution in [2.75, 3.05) is 18.0 Å². The molecule has 18 heavy (non-hydrogen) atoms. The zero-order chi connectivity index (χ0) is 12.5. The first-order valence-corrected chi connectivity index (χ1v) is 8.39. The summed E-state index contributed by atoms with van der Waals surface area (Å²) in [5.41, 5.74) is 2.83. The monoisotopic (exact) mass is 297 g/mol. The third-order valence-electron chi connectivity index (χ3n) is 3.27. The van der Waals surface area contributed by atoms with Gasteiger partial charge in [-0.1, -0.05) is 46.2 Å². The molecular formula is C13H12ClNOS2. The van der Waals surface area contributed by atoms with Crippen LogP contribution in [0.2, 0.25) is 5.02 Å². The summed E-state index contributed by atoms with van der Waals surface area (Å²) >= 11 is 6.07. The molecule has 1 aromatic heterocycles.